The Morgan fingerprint density at radius 1 is 0.597 bits per heavy atom. The summed E-state index contributed by atoms with van der Waals surface area (Å²) in [5, 5.41) is 142. The summed E-state index contributed by atoms with van der Waals surface area (Å²) in [6.45, 7) is 14.6. The molecule has 416 valence electrons. The van der Waals surface area contributed by atoms with E-state index in [-0.39, 0.29) is 58.5 Å². The van der Waals surface area contributed by atoms with Crippen molar-refractivity contribution in [1.82, 2.24) is 0 Å². The van der Waals surface area contributed by atoms with Gasteiger partial charge in [-0.25, -0.2) is 0 Å². The smallest absolute Gasteiger partial charge is 0.187 e. The van der Waals surface area contributed by atoms with Crippen LogP contribution in [0.15, 0.2) is 0 Å². The third-order valence-corrected chi connectivity index (χ3v) is 20.7. The maximum absolute atomic E-state index is 12.2. The second-order valence-corrected chi connectivity index (χ2v) is 25.4. The number of rotatable bonds is 13. The molecule has 4 aliphatic heterocycles. The zero-order valence-electron chi connectivity index (χ0n) is 43.0. The van der Waals surface area contributed by atoms with Crippen molar-refractivity contribution in [1.29, 1.82) is 0 Å². The van der Waals surface area contributed by atoms with Gasteiger partial charge >= 0.3 is 0 Å². The molecular formula is C51H86O21. The van der Waals surface area contributed by atoms with Gasteiger partial charge in [-0.15, -0.1) is 0 Å². The Bertz CT molecular complexity index is 1890. The molecule has 9 fully saturated rings. The number of hydrogen-bond donors (Lipinski definition) is 13. The molecule has 5 aliphatic carbocycles. The lowest BCUT2D eigenvalue weighted by Gasteiger charge is -2.65. The summed E-state index contributed by atoms with van der Waals surface area (Å²) in [5.74, 6) is -0.214. The second-order valence-electron chi connectivity index (χ2n) is 25.4. The van der Waals surface area contributed by atoms with Crippen LogP contribution < -0.4 is 0 Å². The molecule has 0 aromatic carbocycles. The fourth-order valence-corrected chi connectivity index (χ4v) is 16.5. The largest absolute Gasteiger partial charge is 0.393 e. The highest BCUT2D eigenvalue weighted by molar-refractivity contribution is 5.33. The lowest BCUT2D eigenvalue weighted by atomic mass is 9.41. The van der Waals surface area contributed by atoms with Crippen LogP contribution in [0.3, 0.4) is 0 Å². The highest BCUT2D eigenvalue weighted by atomic mass is 16.8. The molecule has 0 radical (unpaired) electrons. The summed E-state index contributed by atoms with van der Waals surface area (Å²) in [4.78, 5) is 0. The number of hydrogen-bond acceptors (Lipinski definition) is 21. The Morgan fingerprint density at radius 2 is 1.15 bits per heavy atom. The van der Waals surface area contributed by atoms with Gasteiger partial charge in [0.1, 0.15) is 73.2 Å². The minimum absolute atomic E-state index is 0.0421. The third kappa shape index (κ3) is 8.98. The first-order valence-electron chi connectivity index (χ1n) is 26.6. The zero-order valence-corrected chi connectivity index (χ0v) is 43.0. The van der Waals surface area contributed by atoms with Crippen molar-refractivity contribution < 1.29 is 104 Å². The van der Waals surface area contributed by atoms with Gasteiger partial charge in [0.05, 0.1) is 55.9 Å². The van der Waals surface area contributed by atoms with E-state index < -0.39 is 147 Å². The summed E-state index contributed by atoms with van der Waals surface area (Å²) in [6, 6.07) is 0. The Balaban J connectivity index is 0.991. The Kier molecular flexibility index (Phi) is 15.4. The molecule has 0 aromatic heterocycles. The van der Waals surface area contributed by atoms with Gasteiger partial charge < -0.3 is 104 Å². The van der Waals surface area contributed by atoms with E-state index in [9.17, 15) is 66.4 Å². The summed E-state index contributed by atoms with van der Waals surface area (Å²) in [7, 11) is 0. The minimum Gasteiger partial charge on any atom is -0.393 e. The van der Waals surface area contributed by atoms with E-state index in [1.54, 1.807) is 13.8 Å². The fourth-order valence-electron chi connectivity index (χ4n) is 16.5. The van der Waals surface area contributed by atoms with Crippen LogP contribution in [0.25, 0.3) is 0 Å². The SMILES string of the molecule is C[C@H](CC[C@H](O)C(C)(C)O)[C@H]1[C@@H](O)C[C@@]2(C)[C@@H]3C[C@H](O[C@@H]4OC[C@@H](O)[C@H](O)[C@H]4O)[C@H]4C(C)(C)[C@@H](O[C@@H]5OC[C@@H](O)[C@H](O)[C@H]5O[C@@H]5OC[C@H](O)[C@H](O)[C@H]5O[C@@H]5O[C@@H](C)[C@H](O)[C@@H](O)[C@H]5O)CC[C@]45C[C@@]35CC[C@]12C. The van der Waals surface area contributed by atoms with Gasteiger partial charge in [0.25, 0.3) is 0 Å². The van der Waals surface area contributed by atoms with Crippen LogP contribution in [0.2, 0.25) is 0 Å². The predicted octanol–water partition coefficient (Wildman–Crippen LogP) is -1.48. The molecule has 5 saturated carbocycles. The molecule has 9 rings (SSSR count). The van der Waals surface area contributed by atoms with Gasteiger partial charge in [0, 0.05) is 0 Å². The van der Waals surface area contributed by atoms with Gasteiger partial charge in [0.2, 0.25) is 0 Å². The normalized spacial score (nSPS) is 55.2. The maximum Gasteiger partial charge on any atom is 0.187 e. The van der Waals surface area contributed by atoms with Crippen molar-refractivity contribution in [2.24, 2.45) is 50.7 Å². The third-order valence-electron chi connectivity index (χ3n) is 20.7. The van der Waals surface area contributed by atoms with Gasteiger partial charge in [-0.2, -0.15) is 0 Å². The van der Waals surface area contributed by atoms with Crippen molar-refractivity contribution >= 4 is 0 Å². The molecule has 2 spiro atoms. The Labute approximate surface area is 421 Å². The van der Waals surface area contributed by atoms with Crippen molar-refractivity contribution in [2.75, 3.05) is 19.8 Å². The number of aliphatic hydroxyl groups is 13. The molecule has 0 amide bonds. The van der Waals surface area contributed by atoms with Crippen LogP contribution in [-0.4, -0.2) is 221 Å². The van der Waals surface area contributed by atoms with E-state index in [4.69, 9.17) is 37.9 Å². The summed E-state index contributed by atoms with van der Waals surface area (Å²) in [6.07, 6.45) is -22.1. The molecule has 0 bridgehead atoms. The molecule has 0 unspecified atom stereocenters. The highest BCUT2D eigenvalue weighted by Gasteiger charge is 2.85. The maximum atomic E-state index is 12.2. The van der Waals surface area contributed by atoms with Crippen LogP contribution in [-0.2, 0) is 37.9 Å². The molecule has 21 nitrogen and oxygen atoms in total. The topological polar surface area (TPSA) is 337 Å². The standard InChI is InChI=1S/C51H86O21/c1-21(9-10-29(56)47(5,6)64)31-23(52)16-49(8)28-15-27(69-42-37(62)33(58)24(53)17-65-42)41-46(3,4)30(11-12-51(41)20-50(28,51)14-13-48(31,49)7)70-44-39(34(59)25(54)18-66-44)72-45-40(35(60)26(55)19-67-45)71-43-38(63)36(61)32(57)22(2)68-43/h21-45,52-64H,9-20H2,1-8H3/t21-,22+,23+,24-,25-,26+,27+,28+,29+,30+,31+,32+,33+,34+,35+,36-,37-,38-,39-,40-,41+,42+,43+,44+,45+,48-,49+,50+,51+/m1/s1. The fraction of sp³-hybridized carbons (Fsp3) is 1.00. The summed E-state index contributed by atoms with van der Waals surface area (Å²) < 4.78 is 49.7. The van der Waals surface area contributed by atoms with E-state index in [2.05, 4.69) is 34.6 Å². The minimum atomic E-state index is -1.78. The first kappa shape index (κ1) is 55.9. The van der Waals surface area contributed by atoms with E-state index in [1.165, 1.54) is 6.92 Å². The molecular weight excluding hydrogens is 949 g/mol. The van der Waals surface area contributed by atoms with Crippen molar-refractivity contribution in [3.8, 4) is 0 Å². The lowest BCUT2D eigenvalue weighted by Crippen LogP contribution is -2.65. The quantitative estimate of drug-likeness (QED) is 0.0936. The van der Waals surface area contributed by atoms with E-state index in [0.29, 0.717) is 38.5 Å². The molecule has 9 aliphatic rings. The van der Waals surface area contributed by atoms with E-state index in [0.717, 1.165) is 19.3 Å². The molecule has 21 heteroatoms. The summed E-state index contributed by atoms with van der Waals surface area (Å²) in [5.41, 5.74) is -3.10. The summed E-state index contributed by atoms with van der Waals surface area (Å²) >= 11 is 0. The number of ether oxygens (including phenoxy) is 8. The molecule has 4 saturated heterocycles. The first-order chi connectivity index (χ1) is 33.5. The molecule has 13 N–H and O–H groups in total. The predicted molar refractivity (Wildman–Crippen MR) is 247 cm³/mol. The van der Waals surface area contributed by atoms with Gasteiger partial charge in [-0.3, -0.25) is 0 Å². The Hall–Kier alpha value is -0.840. The van der Waals surface area contributed by atoms with Crippen molar-refractivity contribution in [2.45, 2.75) is 248 Å². The molecule has 4 heterocycles. The second kappa shape index (κ2) is 19.8. The van der Waals surface area contributed by atoms with Crippen molar-refractivity contribution in [3.05, 3.63) is 0 Å². The highest BCUT2D eigenvalue weighted by Crippen LogP contribution is 2.89. The first-order valence-corrected chi connectivity index (χ1v) is 26.6. The average Bonchev–Trinajstić information content (AvgIpc) is 3.91. The van der Waals surface area contributed by atoms with Gasteiger partial charge in [0.15, 0.2) is 25.2 Å². The van der Waals surface area contributed by atoms with Crippen LogP contribution >= 0.6 is 0 Å². The van der Waals surface area contributed by atoms with Crippen molar-refractivity contribution in [3.63, 3.8) is 0 Å². The van der Waals surface area contributed by atoms with E-state index in [1.807, 2.05) is 0 Å². The molecule has 0 aromatic rings. The van der Waals surface area contributed by atoms with Crippen LogP contribution in [0, 0.1) is 50.7 Å². The lowest BCUT2D eigenvalue weighted by molar-refractivity contribution is -0.382. The zero-order chi connectivity index (χ0) is 52.6. The monoisotopic (exact) mass is 1030 g/mol. The van der Waals surface area contributed by atoms with Crippen LogP contribution in [0.5, 0.6) is 0 Å². The average molecular weight is 1040 g/mol. The van der Waals surface area contributed by atoms with Crippen LogP contribution in [0.1, 0.15) is 113 Å². The number of fused-ring (bicyclic) bond motifs is 2. The molecule has 29 atom stereocenters. The van der Waals surface area contributed by atoms with Gasteiger partial charge in [-0.05, 0) is 129 Å². The van der Waals surface area contributed by atoms with E-state index >= 15 is 0 Å². The molecule has 72 heavy (non-hydrogen) atoms. The number of aliphatic hydroxyl groups excluding tert-OH is 12. The van der Waals surface area contributed by atoms with Gasteiger partial charge in [-0.1, -0.05) is 34.6 Å². The Morgan fingerprint density at radius 3 is 1.76 bits per heavy atom. The van der Waals surface area contributed by atoms with Crippen LogP contribution in [0.4, 0.5) is 0 Å².